The Labute approximate surface area is 223 Å². The van der Waals surface area contributed by atoms with Crippen molar-refractivity contribution in [3.8, 4) is 0 Å². The van der Waals surface area contributed by atoms with E-state index in [1.54, 1.807) is 0 Å². The Kier molecular flexibility index (Phi) is 19.5. The van der Waals surface area contributed by atoms with Crippen LogP contribution in [0.1, 0.15) is 117 Å². The quantitative estimate of drug-likeness (QED) is 0.116. The van der Waals surface area contributed by atoms with E-state index in [0.717, 1.165) is 19.3 Å². The summed E-state index contributed by atoms with van der Waals surface area (Å²) < 4.78 is 10.9. The highest BCUT2D eigenvalue weighted by Crippen LogP contribution is 2.22. The molecule has 0 aromatic carbocycles. The molecule has 6 N–H and O–H groups in total. The van der Waals surface area contributed by atoms with Crippen LogP contribution in [0.3, 0.4) is 0 Å². The zero-order valence-corrected chi connectivity index (χ0v) is 23.2. The van der Waals surface area contributed by atoms with Crippen molar-refractivity contribution in [3.63, 3.8) is 0 Å². The Bertz CT molecular complexity index is 564. The second-order valence-corrected chi connectivity index (χ2v) is 10.6. The number of unbranched alkanes of at least 4 members (excludes halogenated alkanes) is 14. The summed E-state index contributed by atoms with van der Waals surface area (Å²) in [6, 6.07) is -0.712. The number of amides is 1. The number of nitrogens with one attached hydrogen (secondary N) is 1. The van der Waals surface area contributed by atoms with E-state index in [0.29, 0.717) is 6.42 Å². The average Bonchev–Trinajstić information content (AvgIpc) is 2.88. The second-order valence-electron chi connectivity index (χ2n) is 10.6. The SMILES string of the molecule is CCCCCCCCCCCCCCCCCC(O)C(COC1OC(CO)C(O)C(O)C1O)NC(C)=O. The summed E-state index contributed by atoms with van der Waals surface area (Å²) in [5.74, 6) is -0.321. The third kappa shape index (κ3) is 14.8. The van der Waals surface area contributed by atoms with Gasteiger partial charge in [0.05, 0.1) is 25.4 Å². The Hall–Kier alpha value is -0.810. The molecule has 1 amide bonds. The average molecular weight is 534 g/mol. The van der Waals surface area contributed by atoms with Gasteiger partial charge in [-0.1, -0.05) is 103 Å². The number of aliphatic hydroxyl groups is 5. The van der Waals surface area contributed by atoms with Crippen molar-refractivity contribution < 1.29 is 39.8 Å². The second kappa shape index (κ2) is 21.1. The molecule has 7 unspecified atom stereocenters. The number of aliphatic hydroxyl groups excluding tert-OH is 5. The van der Waals surface area contributed by atoms with E-state index in [4.69, 9.17) is 9.47 Å². The van der Waals surface area contributed by atoms with Gasteiger partial charge in [0.25, 0.3) is 0 Å². The zero-order valence-electron chi connectivity index (χ0n) is 23.2. The Morgan fingerprint density at radius 3 is 1.76 bits per heavy atom. The van der Waals surface area contributed by atoms with Crippen molar-refractivity contribution in [1.29, 1.82) is 0 Å². The van der Waals surface area contributed by atoms with Crippen molar-refractivity contribution in [3.05, 3.63) is 0 Å². The summed E-state index contributed by atoms with van der Waals surface area (Å²) in [6.07, 6.45) is 11.7. The van der Waals surface area contributed by atoms with E-state index < -0.39 is 49.5 Å². The highest BCUT2D eigenvalue weighted by Gasteiger charge is 2.44. The highest BCUT2D eigenvalue weighted by molar-refractivity contribution is 5.73. The number of ether oxygens (including phenoxy) is 2. The van der Waals surface area contributed by atoms with Gasteiger partial charge in [0.15, 0.2) is 6.29 Å². The van der Waals surface area contributed by atoms with E-state index >= 15 is 0 Å². The van der Waals surface area contributed by atoms with Gasteiger partial charge in [-0.25, -0.2) is 0 Å². The van der Waals surface area contributed by atoms with Gasteiger partial charge >= 0.3 is 0 Å². The maximum Gasteiger partial charge on any atom is 0.217 e. The zero-order chi connectivity index (χ0) is 27.5. The molecule has 0 aliphatic carbocycles. The molecule has 1 heterocycles. The minimum absolute atomic E-state index is 0.151. The van der Waals surface area contributed by atoms with E-state index in [1.807, 2.05) is 0 Å². The molecule has 1 rings (SSSR count). The maximum atomic E-state index is 11.6. The standard InChI is InChI=1S/C28H55NO8/c1-3-4-5-6-7-8-9-10-11-12-13-14-15-16-17-18-23(32)22(29-21(2)31)20-36-28-27(35)26(34)25(33)24(19-30)37-28/h22-28,30,32-35H,3-20H2,1-2H3,(H,29,31). The van der Waals surface area contributed by atoms with E-state index in [2.05, 4.69) is 12.2 Å². The molecule has 0 spiro atoms. The van der Waals surface area contributed by atoms with E-state index in [9.17, 15) is 30.3 Å². The van der Waals surface area contributed by atoms with Gasteiger partial charge in [0.1, 0.15) is 24.4 Å². The molecule has 0 aromatic heterocycles. The molecule has 0 aromatic rings. The third-order valence-corrected chi connectivity index (χ3v) is 7.25. The van der Waals surface area contributed by atoms with Crippen molar-refractivity contribution in [1.82, 2.24) is 5.32 Å². The first-order valence-electron chi connectivity index (χ1n) is 14.7. The predicted octanol–water partition coefficient (Wildman–Crippen LogP) is 2.93. The van der Waals surface area contributed by atoms with Gasteiger partial charge in [-0.15, -0.1) is 0 Å². The van der Waals surface area contributed by atoms with E-state index in [1.165, 1.54) is 84.0 Å². The molecular formula is C28H55NO8. The minimum atomic E-state index is -1.54. The molecule has 9 nitrogen and oxygen atoms in total. The summed E-state index contributed by atoms with van der Waals surface area (Å²) in [4.78, 5) is 11.6. The van der Waals surface area contributed by atoms with Crippen LogP contribution >= 0.6 is 0 Å². The Balaban J connectivity index is 2.18. The molecule has 1 fully saturated rings. The van der Waals surface area contributed by atoms with Crippen LogP contribution in [-0.4, -0.2) is 87.5 Å². The first-order chi connectivity index (χ1) is 17.8. The van der Waals surface area contributed by atoms with Gasteiger partial charge in [-0.2, -0.15) is 0 Å². The minimum Gasteiger partial charge on any atom is -0.394 e. The number of carbonyl (C=O) groups excluding carboxylic acids is 1. The Morgan fingerprint density at radius 1 is 0.811 bits per heavy atom. The third-order valence-electron chi connectivity index (χ3n) is 7.25. The van der Waals surface area contributed by atoms with Crippen molar-refractivity contribution in [2.75, 3.05) is 13.2 Å². The van der Waals surface area contributed by atoms with Crippen LogP contribution in [0.25, 0.3) is 0 Å². The van der Waals surface area contributed by atoms with Crippen LogP contribution < -0.4 is 5.32 Å². The van der Waals surface area contributed by atoms with Crippen LogP contribution in [-0.2, 0) is 14.3 Å². The van der Waals surface area contributed by atoms with Gasteiger partial charge in [-0.05, 0) is 6.42 Å². The summed E-state index contributed by atoms with van der Waals surface area (Å²) in [5, 5.41) is 52.5. The van der Waals surface area contributed by atoms with Crippen molar-refractivity contribution in [2.45, 2.75) is 159 Å². The van der Waals surface area contributed by atoms with Crippen molar-refractivity contribution in [2.24, 2.45) is 0 Å². The number of hydrogen-bond donors (Lipinski definition) is 6. The molecule has 1 aliphatic heterocycles. The molecule has 9 heteroatoms. The lowest BCUT2D eigenvalue weighted by atomic mass is 9.99. The van der Waals surface area contributed by atoms with Crippen LogP contribution in [0.4, 0.5) is 0 Å². The summed E-state index contributed by atoms with van der Waals surface area (Å²) >= 11 is 0. The first-order valence-corrected chi connectivity index (χ1v) is 14.7. The fourth-order valence-electron chi connectivity index (χ4n) is 4.84. The van der Waals surface area contributed by atoms with Crippen LogP contribution in [0, 0.1) is 0 Å². The van der Waals surface area contributed by atoms with Gasteiger partial charge in [0, 0.05) is 6.92 Å². The summed E-state index contributed by atoms with van der Waals surface area (Å²) in [5.41, 5.74) is 0. The lowest BCUT2D eigenvalue weighted by Crippen LogP contribution is -2.60. The number of hydrogen-bond acceptors (Lipinski definition) is 8. The molecular weight excluding hydrogens is 478 g/mol. The molecule has 0 radical (unpaired) electrons. The van der Waals surface area contributed by atoms with E-state index in [-0.39, 0.29) is 12.5 Å². The monoisotopic (exact) mass is 533 g/mol. The molecule has 1 saturated heterocycles. The van der Waals surface area contributed by atoms with Crippen molar-refractivity contribution >= 4 is 5.91 Å². The molecule has 1 aliphatic rings. The maximum absolute atomic E-state index is 11.6. The summed E-state index contributed by atoms with van der Waals surface area (Å²) in [6.45, 7) is 2.90. The topological polar surface area (TPSA) is 149 Å². The smallest absolute Gasteiger partial charge is 0.217 e. The van der Waals surface area contributed by atoms with Crippen LogP contribution in [0.5, 0.6) is 0 Å². The molecule has 220 valence electrons. The fourth-order valence-corrected chi connectivity index (χ4v) is 4.84. The molecule has 7 atom stereocenters. The molecule has 37 heavy (non-hydrogen) atoms. The highest BCUT2D eigenvalue weighted by atomic mass is 16.7. The number of carbonyl (C=O) groups is 1. The largest absolute Gasteiger partial charge is 0.394 e. The van der Waals surface area contributed by atoms with Crippen LogP contribution in [0.2, 0.25) is 0 Å². The Morgan fingerprint density at radius 2 is 1.30 bits per heavy atom. The lowest BCUT2D eigenvalue weighted by Gasteiger charge is -2.40. The first kappa shape index (κ1) is 34.2. The predicted molar refractivity (Wildman–Crippen MR) is 143 cm³/mol. The van der Waals surface area contributed by atoms with Gasteiger partial charge < -0.3 is 40.3 Å². The summed E-state index contributed by atoms with van der Waals surface area (Å²) in [7, 11) is 0. The lowest BCUT2D eigenvalue weighted by molar-refractivity contribution is -0.302. The molecule has 0 bridgehead atoms. The fraction of sp³-hybridized carbons (Fsp3) is 0.964. The van der Waals surface area contributed by atoms with Crippen LogP contribution in [0.15, 0.2) is 0 Å². The van der Waals surface area contributed by atoms with Gasteiger partial charge in [0.2, 0.25) is 5.91 Å². The normalized spacial score (nSPS) is 25.6. The number of rotatable bonds is 22. The van der Waals surface area contributed by atoms with Gasteiger partial charge in [-0.3, -0.25) is 4.79 Å². The molecule has 0 saturated carbocycles.